The number of nitrogens with one attached hydrogen (secondary N) is 1. The first-order valence-electron chi connectivity index (χ1n) is 8.15. The highest BCUT2D eigenvalue weighted by atomic mass is 16.3. The second-order valence-electron chi connectivity index (χ2n) is 6.93. The Morgan fingerprint density at radius 1 is 1.32 bits per heavy atom. The number of carbonyl (C=O) groups excluding carboxylic acids is 1. The molecular formula is C17H23N3O2. The van der Waals surface area contributed by atoms with Gasteiger partial charge in [-0.25, -0.2) is 4.79 Å². The minimum absolute atomic E-state index is 0.0559. The van der Waals surface area contributed by atoms with Crippen molar-refractivity contribution in [1.82, 2.24) is 10.2 Å². The number of hydrogen-bond donors (Lipinski definition) is 2. The summed E-state index contributed by atoms with van der Waals surface area (Å²) in [6, 6.07) is 6.58. The number of phenolic OH excluding ortho intramolecular Hbond substituents is 1. The molecule has 2 fully saturated rings. The first kappa shape index (κ1) is 13.7. The first-order valence-corrected chi connectivity index (χ1v) is 8.15. The fourth-order valence-corrected chi connectivity index (χ4v) is 4.23. The molecule has 2 aliphatic carbocycles. The third-order valence-electron chi connectivity index (χ3n) is 5.57. The van der Waals surface area contributed by atoms with Crippen molar-refractivity contribution in [2.24, 2.45) is 0 Å². The molecule has 3 aliphatic rings. The Morgan fingerprint density at radius 2 is 2.09 bits per heavy atom. The van der Waals surface area contributed by atoms with Gasteiger partial charge in [-0.05, 0) is 49.4 Å². The molecule has 118 valence electrons. The number of aromatic hydroxyl groups is 1. The summed E-state index contributed by atoms with van der Waals surface area (Å²) in [5.74, 6) is 0.734. The zero-order valence-corrected chi connectivity index (χ0v) is 13.1. The zero-order chi connectivity index (χ0) is 15.4. The van der Waals surface area contributed by atoms with Crippen LogP contribution < -0.4 is 10.2 Å². The summed E-state index contributed by atoms with van der Waals surface area (Å²) in [6.45, 7) is 0. The SMILES string of the molecule is CN(C(=O)NC1CCC2c3cc(O)ccc3N(C)C12)C1CC1. The molecule has 1 aliphatic heterocycles. The van der Waals surface area contributed by atoms with E-state index >= 15 is 0 Å². The highest BCUT2D eigenvalue weighted by Crippen LogP contribution is 2.49. The Bertz CT molecular complexity index is 614. The van der Waals surface area contributed by atoms with E-state index in [4.69, 9.17) is 0 Å². The lowest BCUT2D eigenvalue weighted by Crippen LogP contribution is -2.51. The molecule has 1 heterocycles. The molecule has 0 bridgehead atoms. The van der Waals surface area contributed by atoms with Gasteiger partial charge in [-0.15, -0.1) is 0 Å². The average Bonchev–Trinajstić information content (AvgIpc) is 3.21. The van der Waals surface area contributed by atoms with Crippen molar-refractivity contribution in [3.05, 3.63) is 23.8 Å². The summed E-state index contributed by atoms with van der Waals surface area (Å²) >= 11 is 0. The Labute approximate surface area is 130 Å². The van der Waals surface area contributed by atoms with Crippen LogP contribution in [0.1, 0.15) is 37.2 Å². The highest BCUT2D eigenvalue weighted by Gasteiger charge is 2.46. The van der Waals surface area contributed by atoms with E-state index in [0.717, 1.165) is 25.7 Å². The fourth-order valence-electron chi connectivity index (χ4n) is 4.23. The monoisotopic (exact) mass is 301 g/mol. The number of likely N-dealkylation sites (N-methyl/N-ethyl adjacent to an activating group) is 1. The van der Waals surface area contributed by atoms with E-state index in [1.165, 1.54) is 11.3 Å². The molecule has 0 saturated heterocycles. The standard InChI is InChI=1S/C17H23N3O2/c1-19(10-3-4-10)17(22)18-14-7-6-12-13-9-11(21)5-8-15(13)20(2)16(12)14/h5,8-10,12,14,16,21H,3-4,6-7H2,1-2H3,(H,18,22). The predicted octanol–water partition coefficient (Wildman–Crippen LogP) is 2.26. The number of amides is 2. The van der Waals surface area contributed by atoms with Gasteiger partial charge >= 0.3 is 6.03 Å². The van der Waals surface area contributed by atoms with Gasteiger partial charge < -0.3 is 20.2 Å². The summed E-state index contributed by atoms with van der Waals surface area (Å²) in [6.07, 6.45) is 4.32. The predicted molar refractivity (Wildman–Crippen MR) is 85.4 cm³/mol. The molecule has 4 rings (SSSR count). The summed E-state index contributed by atoms with van der Waals surface area (Å²) in [5, 5.41) is 13.0. The second kappa shape index (κ2) is 4.80. The average molecular weight is 301 g/mol. The van der Waals surface area contributed by atoms with Crippen LogP contribution in [0.15, 0.2) is 18.2 Å². The van der Waals surface area contributed by atoms with Crippen molar-refractivity contribution in [3.8, 4) is 5.75 Å². The minimum Gasteiger partial charge on any atom is -0.508 e. The lowest BCUT2D eigenvalue weighted by Gasteiger charge is -2.30. The minimum atomic E-state index is 0.0559. The number of rotatable bonds is 2. The topological polar surface area (TPSA) is 55.8 Å². The largest absolute Gasteiger partial charge is 0.508 e. The lowest BCUT2D eigenvalue weighted by molar-refractivity contribution is 0.201. The van der Waals surface area contributed by atoms with E-state index in [-0.39, 0.29) is 12.1 Å². The van der Waals surface area contributed by atoms with Gasteiger partial charge in [0.25, 0.3) is 0 Å². The maximum Gasteiger partial charge on any atom is 0.317 e. The number of nitrogens with zero attached hydrogens (tertiary/aromatic N) is 2. The maximum atomic E-state index is 12.4. The zero-order valence-electron chi connectivity index (χ0n) is 13.1. The van der Waals surface area contributed by atoms with Crippen LogP contribution in [0.5, 0.6) is 5.75 Å². The van der Waals surface area contributed by atoms with Crippen LogP contribution in [0.3, 0.4) is 0 Å². The van der Waals surface area contributed by atoms with Crippen LogP contribution in [-0.2, 0) is 0 Å². The molecule has 5 nitrogen and oxygen atoms in total. The van der Waals surface area contributed by atoms with Crippen molar-refractivity contribution in [1.29, 1.82) is 0 Å². The number of anilines is 1. The van der Waals surface area contributed by atoms with Crippen LogP contribution in [0.25, 0.3) is 0 Å². The van der Waals surface area contributed by atoms with Gasteiger partial charge in [-0.2, -0.15) is 0 Å². The highest BCUT2D eigenvalue weighted by molar-refractivity contribution is 5.75. The van der Waals surface area contributed by atoms with Gasteiger partial charge in [0, 0.05) is 31.7 Å². The van der Waals surface area contributed by atoms with E-state index in [9.17, 15) is 9.90 Å². The number of benzene rings is 1. The third kappa shape index (κ3) is 2.02. The number of urea groups is 1. The quantitative estimate of drug-likeness (QED) is 0.881. The Hall–Kier alpha value is -1.91. The van der Waals surface area contributed by atoms with Crippen molar-refractivity contribution >= 4 is 11.7 Å². The van der Waals surface area contributed by atoms with Crippen molar-refractivity contribution in [2.75, 3.05) is 19.0 Å². The molecule has 22 heavy (non-hydrogen) atoms. The van der Waals surface area contributed by atoms with E-state index in [1.807, 2.05) is 24.1 Å². The Morgan fingerprint density at radius 3 is 2.82 bits per heavy atom. The first-order chi connectivity index (χ1) is 10.6. The van der Waals surface area contributed by atoms with E-state index in [0.29, 0.717) is 23.8 Å². The molecule has 0 radical (unpaired) electrons. The van der Waals surface area contributed by atoms with Crippen LogP contribution >= 0.6 is 0 Å². The van der Waals surface area contributed by atoms with Gasteiger partial charge in [0.05, 0.1) is 12.1 Å². The number of fused-ring (bicyclic) bond motifs is 3. The van der Waals surface area contributed by atoms with E-state index in [1.54, 1.807) is 6.07 Å². The molecular weight excluding hydrogens is 278 g/mol. The summed E-state index contributed by atoms with van der Waals surface area (Å²) < 4.78 is 0. The molecule has 2 N–H and O–H groups in total. The van der Waals surface area contributed by atoms with Gasteiger partial charge in [-0.1, -0.05) is 0 Å². The Kier molecular flexibility index (Phi) is 2.99. The molecule has 2 saturated carbocycles. The second-order valence-corrected chi connectivity index (χ2v) is 6.93. The lowest BCUT2D eigenvalue weighted by atomic mass is 9.97. The molecule has 1 aromatic carbocycles. The molecule has 0 aromatic heterocycles. The van der Waals surface area contributed by atoms with Crippen LogP contribution in [-0.4, -0.2) is 48.3 Å². The molecule has 3 atom stereocenters. The van der Waals surface area contributed by atoms with Crippen molar-refractivity contribution in [2.45, 2.75) is 49.7 Å². The third-order valence-corrected chi connectivity index (χ3v) is 5.57. The normalized spacial score (nSPS) is 29.2. The molecule has 3 unspecified atom stereocenters. The van der Waals surface area contributed by atoms with Crippen molar-refractivity contribution < 1.29 is 9.90 Å². The Balaban J connectivity index is 1.53. The number of phenols is 1. The van der Waals surface area contributed by atoms with Gasteiger partial charge in [0.15, 0.2) is 0 Å². The molecule has 5 heteroatoms. The maximum absolute atomic E-state index is 12.4. The van der Waals surface area contributed by atoms with Crippen LogP contribution in [0.4, 0.5) is 10.5 Å². The van der Waals surface area contributed by atoms with Gasteiger partial charge in [0.2, 0.25) is 0 Å². The number of hydrogen-bond acceptors (Lipinski definition) is 3. The fraction of sp³-hybridized carbons (Fsp3) is 0.588. The van der Waals surface area contributed by atoms with Crippen LogP contribution in [0, 0.1) is 0 Å². The summed E-state index contributed by atoms with van der Waals surface area (Å²) in [5.41, 5.74) is 2.40. The van der Waals surface area contributed by atoms with E-state index in [2.05, 4.69) is 17.3 Å². The van der Waals surface area contributed by atoms with Crippen molar-refractivity contribution in [3.63, 3.8) is 0 Å². The smallest absolute Gasteiger partial charge is 0.317 e. The molecule has 2 amide bonds. The molecule has 1 aromatic rings. The molecule has 0 spiro atoms. The van der Waals surface area contributed by atoms with Crippen LogP contribution in [0.2, 0.25) is 0 Å². The van der Waals surface area contributed by atoms with Gasteiger partial charge in [0.1, 0.15) is 5.75 Å². The summed E-state index contributed by atoms with van der Waals surface area (Å²) in [4.78, 5) is 16.5. The number of carbonyl (C=O) groups is 1. The summed E-state index contributed by atoms with van der Waals surface area (Å²) in [7, 11) is 3.99. The van der Waals surface area contributed by atoms with E-state index < -0.39 is 0 Å². The van der Waals surface area contributed by atoms with Gasteiger partial charge in [-0.3, -0.25) is 0 Å².